The van der Waals surface area contributed by atoms with Crippen molar-refractivity contribution in [2.45, 2.75) is 25.8 Å². The number of hydrogen-bond acceptors (Lipinski definition) is 3. The lowest BCUT2D eigenvalue weighted by molar-refractivity contribution is 0.0671. The van der Waals surface area contributed by atoms with E-state index >= 15 is 0 Å². The van der Waals surface area contributed by atoms with Gasteiger partial charge in [-0.1, -0.05) is 6.07 Å². The lowest BCUT2D eigenvalue weighted by Gasteiger charge is -2.40. The van der Waals surface area contributed by atoms with E-state index in [1.807, 2.05) is 4.90 Å². The Kier molecular flexibility index (Phi) is 4.48. The Morgan fingerprint density at radius 3 is 2.85 bits per heavy atom. The van der Waals surface area contributed by atoms with E-state index in [1.54, 1.807) is 12.3 Å². The maximum Gasteiger partial charge on any atom is 0.271 e. The standard InChI is InChI=1S/C19H22F2N4O/c20-15-3-2-14(8-16(15)21)10-24-6-1-4-19(11-24)5-7-25(12-19)18(26)17-9-22-13-23-17/h2-3,8-9,13H,1,4-7,10-12H2,(H,22,23)/t19-/m1/s1. The van der Waals surface area contributed by atoms with Gasteiger partial charge >= 0.3 is 0 Å². The molecule has 5 nitrogen and oxygen atoms in total. The van der Waals surface area contributed by atoms with Gasteiger partial charge in [-0.25, -0.2) is 13.8 Å². The SMILES string of the molecule is O=C(c1cnc[nH]1)N1CC[C@@]2(CCCN(Cc3ccc(F)c(F)c3)C2)C1. The zero-order chi connectivity index (χ0) is 18.1. The molecule has 2 aliphatic rings. The van der Waals surface area contributed by atoms with Crippen molar-refractivity contribution in [3.63, 3.8) is 0 Å². The lowest BCUT2D eigenvalue weighted by atomic mass is 9.79. The Hall–Kier alpha value is -2.28. The smallest absolute Gasteiger partial charge is 0.271 e. The second-order valence-electron chi connectivity index (χ2n) is 7.50. The minimum absolute atomic E-state index is 0.00268. The molecule has 1 aromatic heterocycles. The highest BCUT2D eigenvalue weighted by Crippen LogP contribution is 2.39. The summed E-state index contributed by atoms with van der Waals surface area (Å²) < 4.78 is 26.6. The Balaban J connectivity index is 1.41. The monoisotopic (exact) mass is 360 g/mol. The summed E-state index contributed by atoms with van der Waals surface area (Å²) in [6.45, 7) is 3.90. The molecule has 0 radical (unpaired) electrons. The van der Waals surface area contributed by atoms with Crippen molar-refractivity contribution in [3.05, 3.63) is 53.6 Å². The van der Waals surface area contributed by atoms with Crippen LogP contribution in [0.2, 0.25) is 0 Å². The first-order valence-corrected chi connectivity index (χ1v) is 8.99. The molecule has 26 heavy (non-hydrogen) atoms. The van der Waals surface area contributed by atoms with Crippen molar-refractivity contribution in [1.29, 1.82) is 0 Å². The second-order valence-corrected chi connectivity index (χ2v) is 7.50. The lowest BCUT2D eigenvalue weighted by Crippen LogP contribution is -2.45. The zero-order valence-electron chi connectivity index (χ0n) is 14.5. The van der Waals surface area contributed by atoms with Gasteiger partial charge in [-0.05, 0) is 43.5 Å². The van der Waals surface area contributed by atoms with Gasteiger partial charge in [0.05, 0.1) is 12.5 Å². The first-order chi connectivity index (χ1) is 12.5. The van der Waals surface area contributed by atoms with Gasteiger partial charge in [0.25, 0.3) is 5.91 Å². The molecule has 1 aromatic carbocycles. The molecular formula is C19H22F2N4O. The summed E-state index contributed by atoms with van der Waals surface area (Å²) in [6, 6.07) is 4.10. The molecule has 0 bridgehead atoms. The number of nitrogens with zero attached hydrogens (tertiary/aromatic N) is 3. The van der Waals surface area contributed by atoms with Crippen LogP contribution in [-0.2, 0) is 6.54 Å². The van der Waals surface area contributed by atoms with Crippen LogP contribution in [0.25, 0.3) is 0 Å². The molecule has 1 amide bonds. The molecule has 2 aliphatic heterocycles. The van der Waals surface area contributed by atoms with E-state index in [4.69, 9.17) is 0 Å². The van der Waals surface area contributed by atoms with Crippen LogP contribution >= 0.6 is 0 Å². The Morgan fingerprint density at radius 2 is 2.08 bits per heavy atom. The number of piperidine rings is 1. The number of carbonyl (C=O) groups excluding carboxylic acids is 1. The van der Waals surface area contributed by atoms with Crippen molar-refractivity contribution in [3.8, 4) is 0 Å². The number of aromatic nitrogens is 2. The van der Waals surface area contributed by atoms with Crippen LogP contribution in [0.15, 0.2) is 30.7 Å². The van der Waals surface area contributed by atoms with Crippen LogP contribution in [0.4, 0.5) is 8.78 Å². The van der Waals surface area contributed by atoms with E-state index in [9.17, 15) is 13.6 Å². The highest BCUT2D eigenvalue weighted by molar-refractivity contribution is 5.92. The second kappa shape index (κ2) is 6.79. The minimum Gasteiger partial charge on any atom is -0.341 e. The average molecular weight is 360 g/mol. The number of aromatic amines is 1. The number of rotatable bonds is 3. The van der Waals surface area contributed by atoms with Gasteiger partial charge in [-0.2, -0.15) is 0 Å². The molecule has 1 N–H and O–H groups in total. The molecule has 138 valence electrons. The molecule has 4 rings (SSSR count). The summed E-state index contributed by atoms with van der Waals surface area (Å²) in [4.78, 5) is 23.5. The maximum absolute atomic E-state index is 13.5. The molecule has 2 fully saturated rings. The zero-order valence-corrected chi connectivity index (χ0v) is 14.5. The first-order valence-electron chi connectivity index (χ1n) is 8.99. The number of hydrogen-bond donors (Lipinski definition) is 1. The summed E-state index contributed by atoms with van der Waals surface area (Å²) >= 11 is 0. The number of amides is 1. The number of imidazole rings is 1. The number of nitrogens with one attached hydrogen (secondary N) is 1. The van der Waals surface area contributed by atoms with Gasteiger partial charge < -0.3 is 9.88 Å². The number of benzene rings is 1. The van der Waals surface area contributed by atoms with Crippen molar-refractivity contribution < 1.29 is 13.6 Å². The van der Waals surface area contributed by atoms with E-state index in [0.29, 0.717) is 12.2 Å². The molecule has 0 aliphatic carbocycles. The fourth-order valence-corrected chi connectivity index (χ4v) is 4.33. The molecule has 1 atom stereocenters. The third-order valence-corrected chi connectivity index (χ3v) is 5.58. The van der Waals surface area contributed by atoms with E-state index in [-0.39, 0.29) is 11.3 Å². The van der Waals surface area contributed by atoms with Gasteiger partial charge in [0.2, 0.25) is 0 Å². The van der Waals surface area contributed by atoms with Crippen LogP contribution in [0.3, 0.4) is 0 Å². The summed E-state index contributed by atoms with van der Waals surface area (Å²) in [7, 11) is 0. The predicted molar refractivity (Wildman–Crippen MR) is 92.4 cm³/mol. The van der Waals surface area contributed by atoms with Gasteiger partial charge in [0.1, 0.15) is 5.69 Å². The van der Waals surface area contributed by atoms with Gasteiger partial charge in [-0.15, -0.1) is 0 Å². The summed E-state index contributed by atoms with van der Waals surface area (Å²) in [5.41, 5.74) is 1.40. The first kappa shape index (κ1) is 17.1. The Labute approximate surface area is 151 Å². The third-order valence-electron chi connectivity index (χ3n) is 5.58. The molecular weight excluding hydrogens is 338 g/mol. The molecule has 2 aromatic rings. The topological polar surface area (TPSA) is 52.2 Å². The average Bonchev–Trinajstić information content (AvgIpc) is 3.28. The van der Waals surface area contributed by atoms with Crippen LogP contribution in [0.5, 0.6) is 0 Å². The van der Waals surface area contributed by atoms with Crippen molar-refractivity contribution >= 4 is 5.91 Å². The Bertz CT molecular complexity index is 795. The summed E-state index contributed by atoms with van der Waals surface area (Å²) in [6.07, 6.45) is 6.19. The van der Waals surface area contributed by atoms with Gasteiger partial charge in [0.15, 0.2) is 11.6 Å². The quantitative estimate of drug-likeness (QED) is 0.916. The Morgan fingerprint density at radius 1 is 1.19 bits per heavy atom. The van der Waals surface area contributed by atoms with Crippen LogP contribution in [-0.4, -0.2) is 51.9 Å². The highest BCUT2D eigenvalue weighted by Gasteiger charge is 2.43. The fraction of sp³-hybridized carbons (Fsp3) is 0.474. The minimum atomic E-state index is -0.812. The molecule has 3 heterocycles. The molecule has 2 saturated heterocycles. The molecule has 7 heteroatoms. The number of H-pyrrole nitrogens is 1. The van der Waals surface area contributed by atoms with Gasteiger partial charge in [-0.3, -0.25) is 9.69 Å². The molecule has 0 unspecified atom stereocenters. The fourth-order valence-electron chi connectivity index (χ4n) is 4.33. The van der Waals surface area contributed by atoms with Crippen molar-refractivity contribution in [2.75, 3.05) is 26.2 Å². The number of halogens is 2. The van der Waals surface area contributed by atoms with Gasteiger partial charge in [0, 0.05) is 31.6 Å². The maximum atomic E-state index is 13.5. The number of carbonyl (C=O) groups is 1. The van der Waals surface area contributed by atoms with E-state index in [0.717, 1.165) is 51.0 Å². The van der Waals surface area contributed by atoms with Crippen molar-refractivity contribution in [2.24, 2.45) is 5.41 Å². The predicted octanol–water partition coefficient (Wildman–Crippen LogP) is 2.82. The molecule has 0 saturated carbocycles. The van der Waals surface area contributed by atoms with Crippen LogP contribution in [0.1, 0.15) is 35.3 Å². The summed E-state index contributed by atoms with van der Waals surface area (Å²) in [5.74, 6) is -1.61. The third kappa shape index (κ3) is 3.35. The number of likely N-dealkylation sites (tertiary alicyclic amines) is 2. The van der Waals surface area contributed by atoms with Crippen LogP contribution in [0, 0.1) is 17.0 Å². The molecule has 1 spiro atoms. The summed E-state index contributed by atoms with van der Waals surface area (Å²) in [5, 5.41) is 0. The van der Waals surface area contributed by atoms with E-state index in [1.165, 1.54) is 18.5 Å². The highest BCUT2D eigenvalue weighted by atomic mass is 19.2. The van der Waals surface area contributed by atoms with Crippen molar-refractivity contribution in [1.82, 2.24) is 19.8 Å². The van der Waals surface area contributed by atoms with E-state index in [2.05, 4.69) is 14.9 Å². The normalized spacial score (nSPS) is 23.7. The largest absolute Gasteiger partial charge is 0.341 e. The van der Waals surface area contributed by atoms with E-state index < -0.39 is 11.6 Å². The van der Waals surface area contributed by atoms with Crippen LogP contribution < -0.4 is 0 Å².